The lowest BCUT2D eigenvalue weighted by molar-refractivity contribution is -0.0793. The topological polar surface area (TPSA) is 32.7 Å². The maximum absolute atomic E-state index is 10.4. The van der Waals surface area contributed by atoms with E-state index in [-0.39, 0.29) is 18.5 Å². The Balaban J connectivity index is 0.00000264. The van der Waals surface area contributed by atoms with Crippen molar-refractivity contribution in [3.63, 3.8) is 0 Å². The fourth-order valence-electron chi connectivity index (χ4n) is 4.89. The number of fused-ring (bicyclic) bond motifs is 2. The second-order valence-corrected chi connectivity index (χ2v) is 8.39. The van der Waals surface area contributed by atoms with Crippen LogP contribution in [0.15, 0.2) is 0 Å². The van der Waals surface area contributed by atoms with Gasteiger partial charge in [-0.05, 0) is 61.9 Å². The van der Waals surface area contributed by atoms with Crippen molar-refractivity contribution in [1.29, 1.82) is 0 Å². The first-order chi connectivity index (χ1) is 10.3. The molecule has 0 aromatic rings. The van der Waals surface area contributed by atoms with Gasteiger partial charge in [-0.25, -0.2) is 0 Å². The molecule has 4 heteroatoms. The fraction of sp³-hybridized carbons (Fsp3) is 1.00. The minimum absolute atomic E-state index is 0. The molecule has 1 N–H and O–H groups in total. The highest BCUT2D eigenvalue weighted by Gasteiger charge is 2.61. The van der Waals surface area contributed by atoms with Gasteiger partial charge in [-0.2, -0.15) is 0 Å². The minimum atomic E-state index is -0.357. The molecule has 2 saturated carbocycles. The predicted molar refractivity (Wildman–Crippen MR) is 99.2 cm³/mol. The van der Waals surface area contributed by atoms with Crippen molar-refractivity contribution in [3.05, 3.63) is 0 Å². The van der Waals surface area contributed by atoms with Crippen LogP contribution in [0.4, 0.5) is 0 Å². The van der Waals surface area contributed by atoms with Crippen molar-refractivity contribution in [2.24, 2.45) is 16.7 Å². The number of halogens is 1. The number of rotatable bonds is 9. The summed E-state index contributed by atoms with van der Waals surface area (Å²) in [5.74, 6) is 0.802. The third-order valence-electron chi connectivity index (χ3n) is 6.75. The smallest absolute Gasteiger partial charge is 0.0900 e. The molecule has 4 atom stereocenters. The lowest BCUT2D eigenvalue weighted by atomic mass is 9.70. The molecule has 2 aliphatic carbocycles. The van der Waals surface area contributed by atoms with Crippen LogP contribution in [0.3, 0.4) is 0 Å². The molecule has 138 valence electrons. The minimum Gasteiger partial charge on any atom is -0.389 e. The Kier molecular flexibility index (Phi) is 7.85. The van der Waals surface area contributed by atoms with Crippen molar-refractivity contribution in [2.45, 2.75) is 78.9 Å². The summed E-state index contributed by atoms with van der Waals surface area (Å²) < 4.78 is 6.22. The van der Waals surface area contributed by atoms with Crippen molar-refractivity contribution < 1.29 is 9.84 Å². The van der Waals surface area contributed by atoms with E-state index in [9.17, 15) is 5.11 Å². The van der Waals surface area contributed by atoms with E-state index in [4.69, 9.17) is 4.74 Å². The standard InChI is InChI=1S/C19H37NO2.ClH/c1-6-10-20(11-7-2)13-16(21)14-22-17-12-15-8-9-19(17,5)18(15,3)4;/h15-17,21H,6-14H2,1-5H3;1H. The summed E-state index contributed by atoms with van der Waals surface area (Å²) in [5, 5.41) is 10.4. The van der Waals surface area contributed by atoms with Crippen molar-refractivity contribution in [2.75, 3.05) is 26.2 Å². The van der Waals surface area contributed by atoms with Gasteiger partial charge in [0.15, 0.2) is 0 Å². The van der Waals surface area contributed by atoms with Crippen molar-refractivity contribution in [1.82, 2.24) is 4.90 Å². The van der Waals surface area contributed by atoms with Crippen LogP contribution < -0.4 is 0 Å². The molecule has 0 spiro atoms. The number of nitrogens with zero attached hydrogens (tertiary/aromatic N) is 1. The van der Waals surface area contributed by atoms with Crippen LogP contribution in [0.2, 0.25) is 0 Å². The van der Waals surface area contributed by atoms with E-state index in [1.165, 1.54) is 19.3 Å². The van der Waals surface area contributed by atoms with E-state index in [1.807, 2.05) is 0 Å². The molecule has 0 radical (unpaired) electrons. The van der Waals surface area contributed by atoms with Gasteiger partial charge >= 0.3 is 0 Å². The van der Waals surface area contributed by atoms with Gasteiger partial charge in [0.05, 0.1) is 18.8 Å². The van der Waals surface area contributed by atoms with Gasteiger partial charge in [-0.15, -0.1) is 12.4 Å². The van der Waals surface area contributed by atoms with E-state index in [0.29, 0.717) is 23.5 Å². The van der Waals surface area contributed by atoms with E-state index >= 15 is 0 Å². The van der Waals surface area contributed by atoms with Crippen LogP contribution in [0.1, 0.15) is 66.7 Å². The monoisotopic (exact) mass is 347 g/mol. The highest BCUT2D eigenvalue weighted by molar-refractivity contribution is 5.85. The zero-order chi connectivity index (χ0) is 16.4. The van der Waals surface area contributed by atoms with E-state index in [0.717, 1.165) is 38.4 Å². The predicted octanol–water partition coefficient (Wildman–Crippen LogP) is 4.12. The Bertz CT molecular complexity index is 357. The Morgan fingerprint density at radius 1 is 1.17 bits per heavy atom. The average Bonchev–Trinajstić information content (AvgIpc) is 2.78. The summed E-state index contributed by atoms with van der Waals surface area (Å²) in [5.41, 5.74) is 0.684. The van der Waals surface area contributed by atoms with E-state index in [1.54, 1.807) is 0 Å². The van der Waals surface area contributed by atoms with Gasteiger partial charge in [0.2, 0.25) is 0 Å². The van der Waals surface area contributed by atoms with Crippen LogP contribution in [0.5, 0.6) is 0 Å². The third kappa shape index (κ3) is 4.23. The first kappa shape index (κ1) is 21.2. The maximum Gasteiger partial charge on any atom is 0.0900 e. The Labute approximate surface area is 149 Å². The summed E-state index contributed by atoms with van der Waals surface area (Å²) in [7, 11) is 0. The highest BCUT2D eigenvalue weighted by atomic mass is 35.5. The third-order valence-corrected chi connectivity index (χ3v) is 6.75. The molecule has 2 rings (SSSR count). The van der Waals surface area contributed by atoms with Gasteiger partial charge in [0.25, 0.3) is 0 Å². The first-order valence-corrected chi connectivity index (χ1v) is 9.37. The molecule has 0 aromatic carbocycles. The van der Waals surface area contributed by atoms with Gasteiger partial charge in [0.1, 0.15) is 0 Å². The SMILES string of the molecule is CCCN(CCC)CC(O)COC1CC2CCC1(C)C2(C)C.Cl. The number of hydrogen-bond acceptors (Lipinski definition) is 3. The zero-order valence-corrected chi connectivity index (χ0v) is 16.6. The zero-order valence-electron chi connectivity index (χ0n) is 15.8. The lowest BCUT2D eigenvalue weighted by Crippen LogP contribution is -2.41. The molecular formula is C19H38ClNO2. The highest BCUT2D eigenvalue weighted by Crippen LogP contribution is 2.66. The summed E-state index contributed by atoms with van der Waals surface area (Å²) in [4.78, 5) is 2.36. The van der Waals surface area contributed by atoms with E-state index in [2.05, 4.69) is 39.5 Å². The van der Waals surface area contributed by atoms with Crippen LogP contribution in [0, 0.1) is 16.7 Å². The van der Waals surface area contributed by atoms with Crippen LogP contribution >= 0.6 is 12.4 Å². The molecule has 2 bridgehead atoms. The van der Waals surface area contributed by atoms with Gasteiger partial charge in [0, 0.05) is 6.54 Å². The summed E-state index contributed by atoms with van der Waals surface area (Å²) in [6, 6.07) is 0. The second-order valence-electron chi connectivity index (χ2n) is 8.39. The Morgan fingerprint density at radius 3 is 2.22 bits per heavy atom. The van der Waals surface area contributed by atoms with Crippen LogP contribution in [0.25, 0.3) is 0 Å². The van der Waals surface area contributed by atoms with Gasteiger partial charge in [-0.3, -0.25) is 0 Å². The summed E-state index contributed by atoms with van der Waals surface area (Å²) in [6.07, 6.45) is 6.08. The van der Waals surface area contributed by atoms with Crippen LogP contribution in [-0.2, 0) is 4.74 Å². The molecule has 3 nitrogen and oxygen atoms in total. The van der Waals surface area contributed by atoms with Crippen LogP contribution in [-0.4, -0.2) is 48.5 Å². The van der Waals surface area contributed by atoms with Gasteiger partial charge < -0.3 is 14.7 Å². The molecule has 2 aliphatic rings. The molecule has 0 amide bonds. The average molecular weight is 348 g/mol. The summed E-state index contributed by atoms with van der Waals surface area (Å²) in [6.45, 7) is 15.0. The molecule has 0 aliphatic heterocycles. The first-order valence-electron chi connectivity index (χ1n) is 9.37. The fourth-order valence-corrected chi connectivity index (χ4v) is 4.89. The second kappa shape index (κ2) is 8.51. The quantitative estimate of drug-likeness (QED) is 0.681. The molecule has 23 heavy (non-hydrogen) atoms. The lowest BCUT2D eigenvalue weighted by Gasteiger charge is -2.39. The Hall–Kier alpha value is 0.170. The summed E-state index contributed by atoms with van der Waals surface area (Å²) >= 11 is 0. The Morgan fingerprint density at radius 2 is 1.78 bits per heavy atom. The number of hydrogen-bond donors (Lipinski definition) is 1. The molecular weight excluding hydrogens is 310 g/mol. The normalized spacial score (nSPS) is 33.0. The molecule has 4 unspecified atom stereocenters. The van der Waals surface area contributed by atoms with Gasteiger partial charge in [-0.1, -0.05) is 34.6 Å². The van der Waals surface area contributed by atoms with Crippen molar-refractivity contribution >= 4 is 12.4 Å². The number of aliphatic hydroxyl groups excluding tert-OH is 1. The number of aliphatic hydroxyl groups is 1. The maximum atomic E-state index is 10.4. The molecule has 2 fully saturated rings. The molecule has 0 saturated heterocycles. The molecule has 0 aromatic heterocycles. The largest absolute Gasteiger partial charge is 0.389 e. The van der Waals surface area contributed by atoms with E-state index < -0.39 is 0 Å². The number of ether oxygens (including phenoxy) is 1. The molecule has 0 heterocycles. The van der Waals surface area contributed by atoms with Crippen molar-refractivity contribution in [3.8, 4) is 0 Å².